The highest BCUT2D eigenvalue weighted by Gasteiger charge is 2.23. The highest BCUT2D eigenvalue weighted by Crippen LogP contribution is 2.33. The van der Waals surface area contributed by atoms with Crippen molar-refractivity contribution in [3.63, 3.8) is 0 Å². The fraction of sp³-hybridized carbons (Fsp3) is 0.238. The standard InChI is InChI=1S/C21H19BrClN3OS/c1-13-10-15(3-4-18(13)22)25-20-16-11-14(23)2-5-19(16)24-12-17(20)21(27)26-6-8-28-9-7-26/h2-5,10-12H,6-9H2,1H3,(H,24,25). The lowest BCUT2D eigenvalue weighted by molar-refractivity contribution is 0.0773. The number of hydrogen-bond acceptors (Lipinski definition) is 4. The van der Waals surface area contributed by atoms with Crippen molar-refractivity contribution in [3.05, 3.63) is 63.2 Å². The molecule has 3 aromatic rings. The topological polar surface area (TPSA) is 45.2 Å². The minimum atomic E-state index is 0.00556. The number of carbonyl (C=O) groups is 1. The van der Waals surface area contributed by atoms with Gasteiger partial charge in [0.1, 0.15) is 0 Å². The molecule has 2 aromatic carbocycles. The van der Waals surface area contributed by atoms with Crippen LogP contribution in [0, 0.1) is 6.92 Å². The minimum Gasteiger partial charge on any atom is -0.354 e. The summed E-state index contributed by atoms with van der Waals surface area (Å²) in [6, 6.07) is 11.6. The number of rotatable bonds is 3. The first-order chi connectivity index (χ1) is 13.5. The quantitative estimate of drug-likeness (QED) is 0.512. The van der Waals surface area contributed by atoms with Gasteiger partial charge in [-0.15, -0.1) is 0 Å². The maximum Gasteiger partial charge on any atom is 0.257 e. The van der Waals surface area contributed by atoms with Crippen LogP contribution in [0.25, 0.3) is 10.9 Å². The van der Waals surface area contributed by atoms with Gasteiger partial charge in [0.15, 0.2) is 0 Å². The van der Waals surface area contributed by atoms with Crippen LogP contribution >= 0.6 is 39.3 Å². The predicted molar refractivity (Wildman–Crippen MR) is 122 cm³/mol. The van der Waals surface area contributed by atoms with E-state index in [2.05, 4.69) is 26.2 Å². The fourth-order valence-electron chi connectivity index (χ4n) is 3.27. The molecule has 1 amide bonds. The highest BCUT2D eigenvalue weighted by molar-refractivity contribution is 9.10. The van der Waals surface area contributed by atoms with Crippen LogP contribution in [-0.2, 0) is 0 Å². The molecule has 0 radical (unpaired) electrons. The van der Waals surface area contributed by atoms with Gasteiger partial charge in [-0.05, 0) is 48.9 Å². The van der Waals surface area contributed by atoms with E-state index in [1.54, 1.807) is 6.20 Å². The van der Waals surface area contributed by atoms with Crippen molar-refractivity contribution in [1.29, 1.82) is 0 Å². The number of carbonyl (C=O) groups excluding carboxylic acids is 1. The van der Waals surface area contributed by atoms with E-state index in [4.69, 9.17) is 11.6 Å². The normalized spacial score (nSPS) is 14.3. The van der Waals surface area contributed by atoms with Crippen LogP contribution in [0.4, 0.5) is 11.4 Å². The molecule has 1 aliphatic heterocycles. The molecule has 0 bridgehead atoms. The molecule has 1 fully saturated rings. The summed E-state index contributed by atoms with van der Waals surface area (Å²) in [6.45, 7) is 3.55. The van der Waals surface area contributed by atoms with Crippen LogP contribution in [0.2, 0.25) is 5.02 Å². The van der Waals surface area contributed by atoms with Crippen LogP contribution in [0.5, 0.6) is 0 Å². The molecule has 0 atom stereocenters. The van der Waals surface area contributed by atoms with E-state index in [1.165, 1.54) is 0 Å². The van der Waals surface area contributed by atoms with Crippen molar-refractivity contribution in [3.8, 4) is 0 Å². The summed E-state index contributed by atoms with van der Waals surface area (Å²) < 4.78 is 1.04. The van der Waals surface area contributed by atoms with E-state index >= 15 is 0 Å². The number of anilines is 2. The molecule has 1 aliphatic rings. The number of pyridine rings is 1. The Morgan fingerprint density at radius 1 is 1.21 bits per heavy atom. The van der Waals surface area contributed by atoms with E-state index < -0.39 is 0 Å². The number of aromatic nitrogens is 1. The van der Waals surface area contributed by atoms with Gasteiger partial charge in [-0.2, -0.15) is 11.8 Å². The molecule has 0 unspecified atom stereocenters. The Balaban J connectivity index is 1.83. The maximum atomic E-state index is 13.3. The van der Waals surface area contributed by atoms with E-state index in [0.717, 1.165) is 56.9 Å². The smallest absolute Gasteiger partial charge is 0.257 e. The van der Waals surface area contributed by atoms with Gasteiger partial charge in [0, 0.05) is 51.4 Å². The highest BCUT2D eigenvalue weighted by atomic mass is 79.9. The van der Waals surface area contributed by atoms with Crippen LogP contribution < -0.4 is 5.32 Å². The lowest BCUT2D eigenvalue weighted by Crippen LogP contribution is -2.38. The van der Waals surface area contributed by atoms with Crippen LogP contribution in [0.3, 0.4) is 0 Å². The summed E-state index contributed by atoms with van der Waals surface area (Å²) in [5, 5.41) is 4.91. The van der Waals surface area contributed by atoms with E-state index in [9.17, 15) is 4.79 Å². The Labute approximate surface area is 181 Å². The molecule has 1 N–H and O–H groups in total. The summed E-state index contributed by atoms with van der Waals surface area (Å²) in [5.74, 6) is 1.94. The van der Waals surface area contributed by atoms with E-state index in [-0.39, 0.29) is 5.91 Å². The Kier molecular flexibility index (Phi) is 5.80. The van der Waals surface area contributed by atoms with E-state index in [1.807, 2.05) is 60.0 Å². The third kappa shape index (κ3) is 4.00. The van der Waals surface area contributed by atoms with Gasteiger partial charge >= 0.3 is 0 Å². The van der Waals surface area contributed by atoms with Crippen molar-refractivity contribution >= 4 is 67.5 Å². The number of halogens is 2. The summed E-state index contributed by atoms with van der Waals surface area (Å²) in [4.78, 5) is 19.7. The van der Waals surface area contributed by atoms with Gasteiger partial charge in [-0.1, -0.05) is 27.5 Å². The van der Waals surface area contributed by atoms with Crippen molar-refractivity contribution in [1.82, 2.24) is 9.88 Å². The molecule has 0 spiro atoms. The van der Waals surface area contributed by atoms with Gasteiger partial charge in [0.2, 0.25) is 0 Å². The van der Waals surface area contributed by atoms with Gasteiger partial charge < -0.3 is 10.2 Å². The summed E-state index contributed by atoms with van der Waals surface area (Å²) in [7, 11) is 0. The van der Waals surface area contributed by atoms with Crippen LogP contribution in [-0.4, -0.2) is 40.4 Å². The molecule has 144 valence electrons. The third-order valence-corrected chi connectivity index (χ3v) is 6.85. The second-order valence-corrected chi connectivity index (χ2v) is 9.22. The maximum absolute atomic E-state index is 13.3. The first kappa shape index (κ1) is 19.6. The number of nitrogens with zero attached hydrogens (tertiary/aromatic N) is 2. The average Bonchev–Trinajstić information content (AvgIpc) is 2.71. The molecule has 28 heavy (non-hydrogen) atoms. The molecule has 1 saturated heterocycles. The number of aryl methyl sites for hydroxylation is 1. The molecule has 4 nitrogen and oxygen atoms in total. The second-order valence-electron chi connectivity index (χ2n) is 6.70. The molecule has 7 heteroatoms. The van der Waals surface area contributed by atoms with E-state index in [0.29, 0.717) is 10.6 Å². The molecular weight excluding hydrogens is 458 g/mol. The Morgan fingerprint density at radius 2 is 2.00 bits per heavy atom. The summed E-state index contributed by atoms with van der Waals surface area (Å²) >= 11 is 11.7. The number of benzene rings is 2. The predicted octanol–water partition coefficient (Wildman–Crippen LogP) is 5.89. The second kappa shape index (κ2) is 8.31. The molecular formula is C21H19BrClN3OS. The third-order valence-electron chi connectivity index (χ3n) is 4.79. The number of nitrogens with one attached hydrogen (secondary N) is 1. The number of thioether (sulfide) groups is 1. The Morgan fingerprint density at radius 3 is 2.75 bits per heavy atom. The van der Waals surface area contributed by atoms with Crippen molar-refractivity contribution in [2.24, 2.45) is 0 Å². The Bertz CT molecular complexity index is 1050. The van der Waals surface area contributed by atoms with Crippen molar-refractivity contribution in [2.75, 3.05) is 29.9 Å². The summed E-state index contributed by atoms with van der Waals surface area (Å²) in [6.07, 6.45) is 1.67. The SMILES string of the molecule is Cc1cc(Nc2c(C(=O)N3CCSCC3)cnc3ccc(Cl)cc23)ccc1Br. The van der Waals surface area contributed by atoms with Gasteiger partial charge in [0.05, 0.1) is 16.8 Å². The molecule has 2 heterocycles. The average molecular weight is 477 g/mol. The molecule has 0 saturated carbocycles. The molecule has 0 aliphatic carbocycles. The van der Waals surface area contributed by atoms with Crippen molar-refractivity contribution < 1.29 is 4.79 Å². The van der Waals surface area contributed by atoms with Gasteiger partial charge in [-0.3, -0.25) is 9.78 Å². The van der Waals surface area contributed by atoms with Crippen LogP contribution in [0.1, 0.15) is 15.9 Å². The van der Waals surface area contributed by atoms with Crippen molar-refractivity contribution in [2.45, 2.75) is 6.92 Å². The zero-order chi connectivity index (χ0) is 19.7. The van der Waals surface area contributed by atoms with Gasteiger partial charge in [0.25, 0.3) is 5.91 Å². The Hall–Kier alpha value is -1.76. The lowest BCUT2D eigenvalue weighted by Gasteiger charge is -2.27. The zero-order valence-corrected chi connectivity index (χ0v) is 18.5. The minimum absolute atomic E-state index is 0.00556. The molecule has 1 aromatic heterocycles. The number of amides is 1. The van der Waals surface area contributed by atoms with Crippen LogP contribution in [0.15, 0.2) is 47.1 Å². The fourth-order valence-corrected chi connectivity index (χ4v) is 4.59. The zero-order valence-electron chi connectivity index (χ0n) is 15.3. The number of fused-ring (bicyclic) bond motifs is 1. The first-order valence-electron chi connectivity index (χ1n) is 9.01. The summed E-state index contributed by atoms with van der Waals surface area (Å²) in [5.41, 5.74) is 4.14. The molecule has 4 rings (SSSR count). The first-order valence-corrected chi connectivity index (χ1v) is 11.3. The lowest BCUT2D eigenvalue weighted by atomic mass is 10.1. The largest absolute Gasteiger partial charge is 0.354 e. The van der Waals surface area contributed by atoms with Gasteiger partial charge in [-0.25, -0.2) is 0 Å². The number of hydrogen-bond donors (Lipinski definition) is 1. The monoisotopic (exact) mass is 475 g/mol.